The van der Waals surface area contributed by atoms with Crippen LogP contribution in [0.3, 0.4) is 0 Å². The molecule has 0 saturated heterocycles. The van der Waals surface area contributed by atoms with E-state index in [0.717, 1.165) is 23.0 Å². The first kappa shape index (κ1) is 21.0. The number of nitrogens with one attached hydrogen (secondary N) is 1. The van der Waals surface area contributed by atoms with Gasteiger partial charge in [-0.2, -0.15) is 0 Å². The van der Waals surface area contributed by atoms with Crippen molar-refractivity contribution in [3.8, 4) is 0 Å². The summed E-state index contributed by atoms with van der Waals surface area (Å²) in [5.74, 6) is -0.749. The number of hydrogen-bond donors (Lipinski definition) is 1. The van der Waals surface area contributed by atoms with Crippen LogP contribution < -0.4 is 0 Å². The van der Waals surface area contributed by atoms with Crippen molar-refractivity contribution in [1.29, 1.82) is 0 Å². The lowest BCUT2D eigenvalue weighted by Crippen LogP contribution is -2.00. The molecule has 0 saturated carbocycles. The van der Waals surface area contributed by atoms with Crippen LogP contribution in [0, 0.1) is 21.7 Å². The van der Waals surface area contributed by atoms with Gasteiger partial charge in [0.25, 0.3) is 5.69 Å². The first-order valence-corrected chi connectivity index (χ1v) is 9.18. The van der Waals surface area contributed by atoms with Crippen molar-refractivity contribution in [2.75, 3.05) is 14.1 Å². The molecular weight excluding hydrogens is 488 g/mol. The van der Waals surface area contributed by atoms with E-state index < -0.39 is 10.7 Å². The van der Waals surface area contributed by atoms with Gasteiger partial charge in [0.1, 0.15) is 11.6 Å². The number of benzene rings is 2. The van der Waals surface area contributed by atoms with Crippen LogP contribution in [0.25, 0.3) is 17.0 Å². The van der Waals surface area contributed by atoms with E-state index in [9.17, 15) is 18.9 Å². The summed E-state index contributed by atoms with van der Waals surface area (Å²) in [6.45, 7) is 0. The maximum Gasteiger partial charge on any atom is 0.277 e. The molecule has 0 bridgehead atoms. The number of nitrogens with zero attached hydrogens (tertiary/aromatic N) is 2. The molecular formula is C18H15Br2F2N3O2. The maximum atomic E-state index is 13.2. The lowest BCUT2D eigenvalue weighted by atomic mass is 10.1. The van der Waals surface area contributed by atoms with E-state index in [1.807, 2.05) is 6.07 Å². The van der Waals surface area contributed by atoms with Gasteiger partial charge < -0.3 is 9.88 Å². The molecule has 0 radical (unpaired) electrons. The van der Waals surface area contributed by atoms with Crippen LogP contribution in [0.2, 0.25) is 0 Å². The average molecular weight is 503 g/mol. The Balaban J connectivity index is 0.000000206. The molecule has 0 atom stereocenters. The van der Waals surface area contributed by atoms with Gasteiger partial charge in [0, 0.05) is 37.3 Å². The highest BCUT2D eigenvalue weighted by molar-refractivity contribution is 9.10. The van der Waals surface area contributed by atoms with Crippen LogP contribution in [0.1, 0.15) is 5.56 Å². The third-order valence-corrected chi connectivity index (χ3v) is 4.63. The largest absolute Gasteiger partial charge is 0.383 e. The molecule has 9 heteroatoms. The second kappa shape index (κ2) is 9.09. The number of H-pyrrole nitrogens is 1. The van der Waals surface area contributed by atoms with Gasteiger partial charge in [0.05, 0.1) is 19.4 Å². The predicted molar refractivity (Wildman–Crippen MR) is 109 cm³/mol. The molecule has 0 unspecified atom stereocenters. The van der Waals surface area contributed by atoms with E-state index in [2.05, 4.69) is 36.8 Å². The van der Waals surface area contributed by atoms with Crippen molar-refractivity contribution in [2.45, 2.75) is 0 Å². The normalized spacial score (nSPS) is 10.7. The van der Waals surface area contributed by atoms with E-state index in [0.29, 0.717) is 4.47 Å². The molecule has 5 nitrogen and oxygen atoms in total. The van der Waals surface area contributed by atoms with Crippen LogP contribution in [-0.4, -0.2) is 28.9 Å². The Morgan fingerprint density at radius 1 is 1.11 bits per heavy atom. The molecule has 1 N–H and O–H groups in total. The van der Waals surface area contributed by atoms with Gasteiger partial charge >= 0.3 is 0 Å². The van der Waals surface area contributed by atoms with E-state index in [1.165, 1.54) is 12.1 Å². The van der Waals surface area contributed by atoms with Crippen molar-refractivity contribution in [3.05, 3.63) is 79.0 Å². The standard InChI is InChI=1S/C10H10BrFN2O2.C8H5BrFN/c1-13(2)4-3-7-5-9(12)8(11)6-10(7)14(15)16;9-6-4-8-5(1-2-11-8)3-7(6)10/h3-6H,1-2H3;1-4,11H/b4-3+;. The zero-order valence-electron chi connectivity index (χ0n) is 14.3. The Kier molecular flexibility index (Phi) is 7.09. The molecule has 142 valence electrons. The molecule has 0 aliphatic heterocycles. The van der Waals surface area contributed by atoms with Crippen molar-refractivity contribution in [2.24, 2.45) is 0 Å². The van der Waals surface area contributed by atoms with Gasteiger partial charge in [-0.25, -0.2) is 8.78 Å². The van der Waals surface area contributed by atoms with E-state index >= 15 is 0 Å². The average Bonchev–Trinajstić information content (AvgIpc) is 3.03. The summed E-state index contributed by atoms with van der Waals surface area (Å²) in [7, 11) is 3.55. The van der Waals surface area contributed by atoms with E-state index in [1.54, 1.807) is 37.5 Å². The van der Waals surface area contributed by atoms with Crippen molar-refractivity contribution in [1.82, 2.24) is 9.88 Å². The first-order chi connectivity index (χ1) is 12.7. The predicted octanol–water partition coefficient (Wildman–Crippen LogP) is 6.10. The Labute approximate surface area is 171 Å². The van der Waals surface area contributed by atoms with Crippen LogP contribution >= 0.6 is 31.9 Å². The molecule has 3 aromatic rings. The smallest absolute Gasteiger partial charge is 0.277 e. The minimum absolute atomic E-state index is 0.0844. The molecule has 27 heavy (non-hydrogen) atoms. The molecule has 1 aromatic heterocycles. The number of halogens is 4. The molecule has 0 amide bonds. The molecule has 0 aliphatic rings. The second-order valence-corrected chi connectivity index (χ2v) is 7.40. The summed E-state index contributed by atoms with van der Waals surface area (Å²) >= 11 is 6.02. The van der Waals surface area contributed by atoms with Gasteiger partial charge in [0.2, 0.25) is 0 Å². The lowest BCUT2D eigenvalue weighted by Gasteiger charge is -2.04. The number of aromatic amines is 1. The van der Waals surface area contributed by atoms with Gasteiger partial charge in [-0.1, -0.05) is 0 Å². The minimum Gasteiger partial charge on any atom is -0.383 e. The number of hydrogen-bond acceptors (Lipinski definition) is 3. The van der Waals surface area contributed by atoms with Crippen LogP contribution in [0.5, 0.6) is 0 Å². The second-order valence-electron chi connectivity index (χ2n) is 5.69. The van der Waals surface area contributed by atoms with E-state index in [4.69, 9.17) is 0 Å². The summed E-state index contributed by atoms with van der Waals surface area (Å²) in [6.07, 6.45) is 4.90. The van der Waals surface area contributed by atoms with Gasteiger partial charge in [-0.05, 0) is 68.4 Å². The molecule has 0 spiro atoms. The zero-order valence-corrected chi connectivity index (χ0v) is 17.5. The third kappa shape index (κ3) is 5.61. The summed E-state index contributed by atoms with van der Waals surface area (Å²) in [6, 6.07) is 7.35. The number of aromatic nitrogens is 1. The van der Waals surface area contributed by atoms with Gasteiger partial charge in [-0.15, -0.1) is 0 Å². The highest BCUT2D eigenvalue weighted by Gasteiger charge is 2.15. The highest BCUT2D eigenvalue weighted by Crippen LogP contribution is 2.27. The monoisotopic (exact) mass is 501 g/mol. The summed E-state index contributed by atoms with van der Waals surface area (Å²) < 4.78 is 26.7. The fraction of sp³-hybridized carbons (Fsp3) is 0.111. The number of fused-ring (bicyclic) bond motifs is 1. The Morgan fingerprint density at radius 2 is 1.74 bits per heavy atom. The third-order valence-electron chi connectivity index (χ3n) is 3.41. The molecule has 0 aliphatic carbocycles. The topological polar surface area (TPSA) is 62.2 Å². The summed E-state index contributed by atoms with van der Waals surface area (Å²) in [5, 5.41) is 11.6. The molecule has 2 aromatic carbocycles. The Hall–Kier alpha value is -2.26. The van der Waals surface area contributed by atoms with E-state index in [-0.39, 0.29) is 21.5 Å². The van der Waals surface area contributed by atoms with Crippen LogP contribution in [0.15, 0.2) is 51.7 Å². The summed E-state index contributed by atoms with van der Waals surface area (Å²) in [4.78, 5) is 14.9. The Morgan fingerprint density at radius 3 is 2.37 bits per heavy atom. The molecule has 1 heterocycles. The fourth-order valence-corrected chi connectivity index (χ4v) is 2.79. The lowest BCUT2D eigenvalue weighted by molar-refractivity contribution is -0.385. The minimum atomic E-state index is -0.542. The number of nitro groups is 1. The highest BCUT2D eigenvalue weighted by atomic mass is 79.9. The van der Waals surface area contributed by atoms with Crippen LogP contribution in [-0.2, 0) is 0 Å². The maximum absolute atomic E-state index is 13.2. The SMILES string of the molecule is CN(C)/C=C/c1cc(F)c(Br)cc1[N+](=O)[O-].Fc1cc2cc[nH]c2cc1Br. The Bertz CT molecular complexity index is 968. The van der Waals surface area contributed by atoms with Crippen molar-refractivity contribution < 1.29 is 13.7 Å². The van der Waals surface area contributed by atoms with Crippen molar-refractivity contribution >= 4 is 54.5 Å². The number of rotatable bonds is 3. The quantitative estimate of drug-likeness (QED) is 0.347. The number of nitro benzene ring substituents is 1. The fourth-order valence-electron chi connectivity index (χ4n) is 2.12. The van der Waals surface area contributed by atoms with Crippen LogP contribution in [0.4, 0.5) is 14.5 Å². The summed E-state index contributed by atoms with van der Waals surface area (Å²) in [5.41, 5.74) is 1.05. The van der Waals surface area contributed by atoms with Gasteiger partial charge in [0.15, 0.2) is 0 Å². The zero-order chi connectivity index (χ0) is 20.1. The van der Waals surface area contributed by atoms with Crippen molar-refractivity contribution in [3.63, 3.8) is 0 Å². The van der Waals surface area contributed by atoms with Gasteiger partial charge in [-0.3, -0.25) is 10.1 Å². The molecule has 0 fully saturated rings. The molecule has 3 rings (SSSR count). The first-order valence-electron chi connectivity index (χ1n) is 7.59.